The summed E-state index contributed by atoms with van der Waals surface area (Å²) in [6, 6.07) is 29.4. The van der Waals surface area contributed by atoms with Crippen LogP contribution in [0.15, 0.2) is 104 Å². The second-order valence-electron chi connectivity index (χ2n) is 9.44. The van der Waals surface area contributed by atoms with Crippen molar-refractivity contribution in [3.05, 3.63) is 120 Å². The molecule has 0 bridgehead atoms. The molecule has 7 nitrogen and oxygen atoms in total. The van der Waals surface area contributed by atoms with Crippen molar-refractivity contribution in [3.63, 3.8) is 0 Å². The van der Waals surface area contributed by atoms with Crippen LogP contribution in [0, 0.1) is 0 Å². The second-order valence-corrected chi connectivity index (χ2v) is 9.44. The molecular formula is C32H37NO6. The standard InChI is InChI=1S/C32H37NO6/c1-3-30-37-22-28(33-24(2)34)31(39-30)32(38-21-27-17-11-6-12-18-27)29(36-20-26-15-9-5-10-16-26)23-35-19-25-13-7-4-8-14-25/h3-18,28-32H,1,19-23H2,2H3,(H,33,34)/t28-,29-,30?,31-,32-/m1/s1. The van der Waals surface area contributed by atoms with Gasteiger partial charge in [-0.05, 0) is 22.8 Å². The third-order valence-corrected chi connectivity index (χ3v) is 6.39. The fraction of sp³-hybridized carbons (Fsp3) is 0.344. The second kappa shape index (κ2) is 15.3. The molecule has 0 aromatic heterocycles. The molecular weight excluding hydrogens is 494 g/mol. The first-order chi connectivity index (χ1) is 19.1. The first-order valence-electron chi connectivity index (χ1n) is 13.2. The maximum absolute atomic E-state index is 12.1. The van der Waals surface area contributed by atoms with E-state index in [0.29, 0.717) is 19.8 Å². The third-order valence-electron chi connectivity index (χ3n) is 6.39. The molecule has 1 aliphatic rings. The van der Waals surface area contributed by atoms with Gasteiger partial charge in [0.15, 0.2) is 6.29 Å². The van der Waals surface area contributed by atoms with Crippen molar-refractivity contribution in [2.45, 2.75) is 57.4 Å². The topological polar surface area (TPSA) is 75.3 Å². The zero-order valence-corrected chi connectivity index (χ0v) is 22.3. The van der Waals surface area contributed by atoms with Gasteiger partial charge < -0.3 is 29.0 Å². The maximum atomic E-state index is 12.1. The molecule has 0 aliphatic carbocycles. The third kappa shape index (κ3) is 9.13. The van der Waals surface area contributed by atoms with Crippen LogP contribution in [0.3, 0.4) is 0 Å². The molecule has 3 aromatic rings. The Morgan fingerprint density at radius 3 is 1.97 bits per heavy atom. The van der Waals surface area contributed by atoms with Crippen molar-refractivity contribution in [3.8, 4) is 0 Å². The number of benzene rings is 3. The zero-order valence-electron chi connectivity index (χ0n) is 22.3. The minimum Gasteiger partial charge on any atom is -0.374 e. The summed E-state index contributed by atoms with van der Waals surface area (Å²) >= 11 is 0. The van der Waals surface area contributed by atoms with Gasteiger partial charge in [-0.15, -0.1) is 0 Å². The van der Waals surface area contributed by atoms with Gasteiger partial charge in [0.05, 0.1) is 39.1 Å². The van der Waals surface area contributed by atoms with E-state index in [4.69, 9.17) is 23.7 Å². The van der Waals surface area contributed by atoms with Crippen molar-refractivity contribution < 1.29 is 28.5 Å². The number of rotatable bonds is 14. The van der Waals surface area contributed by atoms with Gasteiger partial charge in [-0.2, -0.15) is 0 Å². The van der Waals surface area contributed by atoms with E-state index in [2.05, 4.69) is 11.9 Å². The summed E-state index contributed by atoms with van der Waals surface area (Å²) < 4.78 is 31.2. The van der Waals surface area contributed by atoms with Gasteiger partial charge in [-0.1, -0.05) is 97.6 Å². The first-order valence-corrected chi connectivity index (χ1v) is 13.2. The summed E-state index contributed by atoms with van der Waals surface area (Å²) in [6.45, 7) is 6.94. The predicted molar refractivity (Wildman–Crippen MR) is 149 cm³/mol. The summed E-state index contributed by atoms with van der Waals surface area (Å²) in [5.74, 6) is -0.182. The van der Waals surface area contributed by atoms with Crippen molar-refractivity contribution in [2.75, 3.05) is 13.2 Å². The highest BCUT2D eigenvalue weighted by Gasteiger charge is 2.42. The summed E-state index contributed by atoms with van der Waals surface area (Å²) in [4.78, 5) is 12.1. The molecule has 1 heterocycles. The summed E-state index contributed by atoms with van der Waals surface area (Å²) in [6.07, 6.45) is -0.717. The Morgan fingerprint density at radius 2 is 1.44 bits per heavy atom. The van der Waals surface area contributed by atoms with E-state index in [-0.39, 0.29) is 19.1 Å². The van der Waals surface area contributed by atoms with Crippen LogP contribution >= 0.6 is 0 Å². The maximum Gasteiger partial charge on any atom is 0.217 e. The Hall–Kier alpha value is -3.33. The average Bonchev–Trinajstić information content (AvgIpc) is 2.97. The zero-order chi connectivity index (χ0) is 27.3. The average molecular weight is 532 g/mol. The smallest absolute Gasteiger partial charge is 0.217 e. The monoisotopic (exact) mass is 531 g/mol. The Labute approximate surface area is 230 Å². The molecule has 5 atom stereocenters. The van der Waals surface area contributed by atoms with Crippen LogP contribution in [0.2, 0.25) is 0 Å². The molecule has 206 valence electrons. The SMILES string of the molecule is C=CC1OC[C@@H](NC(C)=O)[C@H]([C@H](OCc2ccccc2)[C@@H](COCc2ccccc2)OCc2ccccc2)O1. The number of carbonyl (C=O) groups excluding carboxylic acids is 1. The molecule has 1 fully saturated rings. The lowest BCUT2D eigenvalue weighted by Crippen LogP contribution is -2.60. The quantitative estimate of drug-likeness (QED) is 0.301. The Balaban J connectivity index is 1.59. The summed E-state index contributed by atoms with van der Waals surface area (Å²) in [5.41, 5.74) is 3.10. The van der Waals surface area contributed by atoms with Gasteiger partial charge in [0.1, 0.15) is 18.3 Å². The molecule has 1 amide bonds. The highest BCUT2D eigenvalue weighted by molar-refractivity contribution is 5.73. The summed E-state index contributed by atoms with van der Waals surface area (Å²) in [7, 11) is 0. The van der Waals surface area contributed by atoms with Gasteiger partial charge >= 0.3 is 0 Å². The van der Waals surface area contributed by atoms with E-state index in [9.17, 15) is 4.79 Å². The largest absolute Gasteiger partial charge is 0.374 e. The minimum atomic E-state index is -0.636. The van der Waals surface area contributed by atoms with Crippen LogP contribution < -0.4 is 5.32 Å². The van der Waals surface area contributed by atoms with Crippen LogP contribution in [0.1, 0.15) is 23.6 Å². The van der Waals surface area contributed by atoms with Crippen LogP contribution in [0.5, 0.6) is 0 Å². The lowest BCUT2D eigenvalue weighted by Gasteiger charge is -2.42. The molecule has 0 spiro atoms. The van der Waals surface area contributed by atoms with E-state index in [1.807, 2.05) is 91.0 Å². The van der Waals surface area contributed by atoms with E-state index in [1.54, 1.807) is 6.08 Å². The highest BCUT2D eigenvalue weighted by atomic mass is 16.7. The molecule has 7 heteroatoms. The molecule has 39 heavy (non-hydrogen) atoms. The van der Waals surface area contributed by atoms with Crippen LogP contribution in [0.4, 0.5) is 0 Å². The molecule has 3 aromatic carbocycles. The number of amides is 1. The fourth-order valence-electron chi connectivity index (χ4n) is 4.46. The predicted octanol–water partition coefficient (Wildman–Crippen LogP) is 4.81. The molecule has 1 saturated heterocycles. The molecule has 0 radical (unpaired) electrons. The number of carbonyl (C=O) groups is 1. The lowest BCUT2D eigenvalue weighted by atomic mass is 9.99. The number of ether oxygens (including phenoxy) is 5. The van der Waals surface area contributed by atoms with E-state index < -0.39 is 30.6 Å². The van der Waals surface area contributed by atoms with Gasteiger partial charge in [0.2, 0.25) is 5.91 Å². The van der Waals surface area contributed by atoms with Crippen LogP contribution in [-0.2, 0) is 48.3 Å². The molecule has 1 unspecified atom stereocenters. The molecule has 4 rings (SSSR count). The first kappa shape index (κ1) is 28.7. The highest BCUT2D eigenvalue weighted by Crippen LogP contribution is 2.25. The minimum absolute atomic E-state index is 0.182. The van der Waals surface area contributed by atoms with Crippen LogP contribution in [-0.4, -0.2) is 49.8 Å². The Kier molecular flexibility index (Phi) is 11.3. The number of hydrogen-bond donors (Lipinski definition) is 1. The van der Waals surface area contributed by atoms with Crippen LogP contribution in [0.25, 0.3) is 0 Å². The number of hydrogen-bond acceptors (Lipinski definition) is 6. The van der Waals surface area contributed by atoms with Gasteiger partial charge in [0, 0.05) is 6.92 Å². The molecule has 1 aliphatic heterocycles. The van der Waals surface area contributed by atoms with Crippen molar-refractivity contribution in [1.29, 1.82) is 0 Å². The van der Waals surface area contributed by atoms with Crippen molar-refractivity contribution in [1.82, 2.24) is 5.32 Å². The Bertz CT molecular complexity index is 1130. The Morgan fingerprint density at radius 1 is 0.897 bits per heavy atom. The van der Waals surface area contributed by atoms with Crippen molar-refractivity contribution >= 4 is 5.91 Å². The number of nitrogens with one attached hydrogen (secondary N) is 1. The normalized spacial score (nSPS) is 20.6. The molecule has 0 saturated carbocycles. The van der Waals surface area contributed by atoms with E-state index in [0.717, 1.165) is 16.7 Å². The van der Waals surface area contributed by atoms with Gasteiger partial charge in [-0.25, -0.2) is 0 Å². The lowest BCUT2D eigenvalue weighted by molar-refractivity contribution is -0.251. The van der Waals surface area contributed by atoms with Crippen molar-refractivity contribution in [2.24, 2.45) is 0 Å². The van der Waals surface area contributed by atoms with Gasteiger partial charge in [0.25, 0.3) is 0 Å². The molecule has 1 N–H and O–H groups in total. The van der Waals surface area contributed by atoms with E-state index in [1.165, 1.54) is 6.92 Å². The van der Waals surface area contributed by atoms with Gasteiger partial charge in [-0.3, -0.25) is 4.79 Å². The fourth-order valence-corrected chi connectivity index (χ4v) is 4.46. The summed E-state index contributed by atoms with van der Waals surface area (Å²) in [5, 5.41) is 2.97. The van der Waals surface area contributed by atoms with E-state index >= 15 is 0 Å².